The average Bonchev–Trinajstić information content (AvgIpc) is 2.71. The molecule has 0 saturated carbocycles. The van der Waals surface area contributed by atoms with Crippen LogP contribution in [0.1, 0.15) is 44.0 Å². The van der Waals surface area contributed by atoms with E-state index >= 15 is 0 Å². The van der Waals surface area contributed by atoms with Crippen LogP contribution in [-0.4, -0.2) is 33.4 Å². The predicted molar refractivity (Wildman–Crippen MR) is 59.5 cm³/mol. The number of aromatic amines is 1. The lowest BCUT2D eigenvalue weighted by molar-refractivity contribution is 0.244. The molecule has 0 bridgehead atoms. The second-order valence-electron chi connectivity index (χ2n) is 4.32. The standard InChI is InChI=1S/C11H20N4/c1-2-3-4-5-7-15-8-6-10-11(9-15)13-14-12-10/h2-9H2,1H3,(H,12,13,14). The van der Waals surface area contributed by atoms with E-state index < -0.39 is 0 Å². The average molecular weight is 208 g/mol. The predicted octanol–water partition coefficient (Wildman–Crippen LogP) is 1.74. The Hall–Kier alpha value is -0.900. The molecule has 1 aliphatic heterocycles. The molecule has 0 amide bonds. The number of rotatable bonds is 5. The normalized spacial score (nSPS) is 16.6. The van der Waals surface area contributed by atoms with Gasteiger partial charge in [0, 0.05) is 19.5 Å². The van der Waals surface area contributed by atoms with E-state index in [2.05, 4.69) is 27.2 Å². The minimum absolute atomic E-state index is 0.984. The minimum Gasteiger partial charge on any atom is -0.297 e. The molecule has 0 spiro atoms. The SMILES string of the molecule is CCCCCCN1CCc2[nH]nnc2C1. The van der Waals surface area contributed by atoms with Gasteiger partial charge in [-0.05, 0) is 13.0 Å². The molecule has 1 N–H and O–H groups in total. The van der Waals surface area contributed by atoms with Gasteiger partial charge in [0.1, 0.15) is 0 Å². The van der Waals surface area contributed by atoms with E-state index in [4.69, 9.17) is 0 Å². The maximum Gasteiger partial charge on any atom is 0.0996 e. The van der Waals surface area contributed by atoms with Crippen molar-refractivity contribution in [2.75, 3.05) is 13.1 Å². The zero-order valence-corrected chi connectivity index (χ0v) is 9.50. The third kappa shape index (κ3) is 2.78. The fourth-order valence-electron chi connectivity index (χ4n) is 2.11. The molecule has 0 unspecified atom stereocenters. The number of hydrogen-bond acceptors (Lipinski definition) is 3. The summed E-state index contributed by atoms with van der Waals surface area (Å²) < 4.78 is 0. The van der Waals surface area contributed by atoms with Gasteiger partial charge in [0.2, 0.25) is 0 Å². The van der Waals surface area contributed by atoms with Crippen LogP contribution in [0.5, 0.6) is 0 Å². The van der Waals surface area contributed by atoms with Crippen molar-refractivity contribution in [3.05, 3.63) is 11.4 Å². The van der Waals surface area contributed by atoms with Crippen LogP contribution in [0.15, 0.2) is 0 Å². The van der Waals surface area contributed by atoms with Crippen LogP contribution >= 0.6 is 0 Å². The van der Waals surface area contributed by atoms with Gasteiger partial charge in [-0.25, -0.2) is 0 Å². The molecule has 0 saturated heterocycles. The number of aromatic nitrogens is 3. The van der Waals surface area contributed by atoms with E-state index in [1.165, 1.54) is 37.9 Å². The smallest absolute Gasteiger partial charge is 0.0996 e. The summed E-state index contributed by atoms with van der Waals surface area (Å²) in [5.74, 6) is 0. The monoisotopic (exact) mass is 208 g/mol. The number of nitrogens with one attached hydrogen (secondary N) is 1. The molecule has 2 heterocycles. The van der Waals surface area contributed by atoms with Crippen LogP contribution in [0, 0.1) is 0 Å². The van der Waals surface area contributed by atoms with Gasteiger partial charge in [-0.15, -0.1) is 5.10 Å². The first-order valence-electron chi connectivity index (χ1n) is 6.01. The lowest BCUT2D eigenvalue weighted by atomic mass is 10.1. The highest BCUT2D eigenvalue weighted by molar-refractivity contribution is 5.11. The maximum atomic E-state index is 4.10. The van der Waals surface area contributed by atoms with Crippen LogP contribution in [0.4, 0.5) is 0 Å². The first kappa shape index (κ1) is 10.6. The van der Waals surface area contributed by atoms with Crippen molar-refractivity contribution in [1.82, 2.24) is 20.3 Å². The molecule has 1 aromatic rings. The first-order valence-corrected chi connectivity index (χ1v) is 6.01. The Morgan fingerprint density at radius 3 is 3.13 bits per heavy atom. The van der Waals surface area contributed by atoms with Gasteiger partial charge in [-0.2, -0.15) is 0 Å². The van der Waals surface area contributed by atoms with Crippen molar-refractivity contribution in [3.63, 3.8) is 0 Å². The zero-order chi connectivity index (χ0) is 10.5. The molecule has 1 aromatic heterocycles. The minimum atomic E-state index is 0.984. The molecule has 4 nitrogen and oxygen atoms in total. The fourth-order valence-corrected chi connectivity index (χ4v) is 2.11. The molecule has 15 heavy (non-hydrogen) atoms. The summed E-state index contributed by atoms with van der Waals surface area (Å²) in [6.07, 6.45) is 6.44. The van der Waals surface area contributed by atoms with Gasteiger partial charge in [-0.3, -0.25) is 10.00 Å². The molecule has 0 atom stereocenters. The summed E-state index contributed by atoms with van der Waals surface area (Å²) in [6, 6.07) is 0. The highest BCUT2D eigenvalue weighted by atomic mass is 15.3. The molecule has 4 heteroatoms. The fraction of sp³-hybridized carbons (Fsp3) is 0.818. The van der Waals surface area contributed by atoms with Crippen molar-refractivity contribution in [2.24, 2.45) is 0 Å². The van der Waals surface area contributed by atoms with Crippen molar-refractivity contribution < 1.29 is 0 Å². The molecule has 1 aliphatic rings. The van der Waals surface area contributed by atoms with Crippen LogP contribution in [-0.2, 0) is 13.0 Å². The summed E-state index contributed by atoms with van der Waals surface area (Å²) in [5.41, 5.74) is 2.39. The van der Waals surface area contributed by atoms with E-state index in [0.717, 1.165) is 25.2 Å². The lowest BCUT2D eigenvalue weighted by Gasteiger charge is -2.25. The van der Waals surface area contributed by atoms with Gasteiger partial charge in [0.05, 0.1) is 11.4 Å². The Labute approximate surface area is 91.1 Å². The highest BCUT2D eigenvalue weighted by Gasteiger charge is 2.18. The van der Waals surface area contributed by atoms with E-state index in [0.29, 0.717) is 0 Å². The Kier molecular flexibility index (Phi) is 3.72. The summed E-state index contributed by atoms with van der Waals surface area (Å²) in [6.45, 7) is 5.61. The Morgan fingerprint density at radius 2 is 2.27 bits per heavy atom. The molecule has 2 rings (SSSR count). The van der Waals surface area contributed by atoms with Crippen LogP contribution in [0.25, 0.3) is 0 Å². The molecule has 0 fully saturated rings. The van der Waals surface area contributed by atoms with E-state index in [1.54, 1.807) is 0 Å². The molecule has 0 radical (unpaired) electrons. The van der Waals surface area contributed by atoms with E-state index in [1.807, 2.05) is 0 Å². The third-order valence-electron chi connectivity index (χ3n) is 3.08. The summed E-state index contributed by atoms with van der Waals surface area (Å²) in [7, 11) is 0. The van der Waals surface area contributed by atoms with E-state index in [-0.39, 0.29) is 0 Å². The number of H-pyrrole nitrogens is 1. The molecule has 0 aliphatic carbocycles. The topological polar surface area (TPSA) is 44.8 Å². The molecule has 84 valence electrons. The summed E-state index contributed by atoms with van der Waals surface area (Å²) in [5, 5.41) is 10.9. The maximum absolute atomic E-state index is 4.10. The van der Waals surface area contributed by atoms with Gasteiger partial charge < -0.3 is 0 Å². The first-order chi connectivity index (χ1) is 7.40. The van der Waals surface area contributed by atoms with Gasteiger partial charge >= 0.3 is 0 Å². The summed E-state index contributed by atoms with van der Waals surface area (Å²) in [4.78, 5) is 2.49. The van der Waals surface area contributed by atoms with Gasteiger partial charge in [0.25, 0.3) is 0 Å². The second kappa shape index (κ2) is 5.26. The van der Waals surface area contributed by atoms with Crippen LogP contribution in [0.2, 0.25) is 0 Å². The number of fused-ring (bicyclic) bond motifs is 1. The number of nitrogens with zero attached hydrogens (tertiary/aromatic N) is 3. The lowest BCUT2D eigenvalue weighted by Crippen LogP contribution is -2.31. The quantitative estimate of drug-likeness (QED) is 0.750. The van der Waals surface area contributed by atoms with Crippen molar-refractivity contribution in [2.45, 2.75) is 45.6 Å². The van der Waals surface area contributed by atoms with Gasteiger partial charge in [0.15, 0.2) is 0 Å². The molecule has 0 aromatic carbocycles. The number of hydrogen-bond donors (Lipinski definition) is 1. The zero-order valence-electron chi connectivity index (χ0n) is 9.50. The Bertz CT molecular complexity index is 295. The van der Waals surface area contributed by atoms with Crippen molar-refractivity contribution in [3.8, 4) is 0 Å². The van der Waals surface area contributed by atoms with Crippen molar-refractivity contribution >= 4 is 0 Å². The third-order valence-corrected chi connectivity index (χ3v) is 3.08. The van der Waals surface area contributed by atoms with E-state index in [9.17, 15) is 0 Å². The van der Waals surface area contributed by atoms with Gasteiger partial charge in [-0.1, -0.05) is 31.4 Å². The Balaban J connectivity index is 1.73. The molecular formula is C11H20N4. The van der Waals surface area contributed by atoms with Crippen LogP contribution < -0.4 is 0 Å². The van der Waals surface area contributed by atoms with Crippen molar-refractivity contribution in [1.29, 1.82) is 0 Å². The highest BCUT2D eigenvalue weighted by Crippen LogP contribution is 2.14. The summed E-state index contributed by atoms with van der Waals surface area (Å²) >= 11 is 0. The second-order valence-corrected chi connectivity index (χ2v) is 4.32. The molecular weight excluding hydrogens is 188 g/mol. The number of unbranched alkanes of at least 4 members (excludes halogenated alkanes) is 3. The largest absolute Gasteiger partial charge is 0.297 e. The Morgan fingerprint density at radius 1 is 1.33 bits per heavy atom. The van der Waals surface area contributed by atoms with Crippen LogP contribution in [0.3, 0.4) is 0 Å².